The summed E-state index contributed by atoms with van der Waals surface area (Å²) >= 11 is 0. The maximum atomic E-state index is 13.0. The molecule has 1 aliphatic rings. The van der Waals surface area contributed by atoms with E-state index in [0.717, 1.165) is 44.5 Å². The fourth-order valence-corrected chi connectivity index (χ4v) is 2.29. The SMILES string of the molecule is Fc1cc(CCC2CCNCC2)cc(F)c1F. The maximum absolute atomic E-state index is 13.0. The van der Waals surface area contributed by atoms with Gasteiger partial charge < -0.3 is 5.32 Å². The van der Waals surface area contributed by atoms with Gasteiger partial charge in [-0.25, -0.2) is 13.2 Å². The highest BCUT2D eigenvalue weighted by Crippen LogP contribution is 2.20. The molecule has 0 aromatic heterocycles. The molecule has 0 saturated carbocycles. The zero-order valence-electron chi connectivity index (χ0n) is 9.61. The summed E-state index contributed by atoms with van der Waals surface area (Å²) in [6.45, 7) is 2.02. The van der Waals surface area contributed by atoms with Crippen LogP contribution >= 0.6 is 0 Å². The van der Waals surface area contributed by atoms with Crippen LogP contribution in [-0.4, -0.2) is 13.1 Å². The lowest BCUT2D eigenvalue weighted by atomic mass is 9.91. The molecule has 1 aromatic rings. The highest BCUT2D eigenvalue weighted by molar-refractivity contribution is 5.19. The van der Waals surface area contributed by atoms with Crippen LogP contribution in [0.25, 0.3) is 0 Å². The molecule has 0 unspecified atom stereocenters. The van der Waals surface area contributed by atoms with Crippen molar-refractivity contribution in [3.05, 3.63) is 35.1 Å². The molecule has 1 fully saturated rings. The Labute approximate surface area is 99.0 Å². The zero-order chi connectivity index (χ0) is 12.3. The van der Waals surface area contributed by atoms with Crippen molar-refractivity contribution in [2.45, 2.75) is 25.7 Å². The monoisotopic (exact) mass is 243 g/mol. The van der Waals surface area contributed by atoms with Crippen LogP contribution in [0.5, 0.6) is 0 Å². The van der Waals surface area contributed by atoms with Crippen LogP contribution in [0.4, 0.5) is 13.2 Å². The molecule has 1 nitrogen and oxygen atoms in total. The maximum Gasteiger partial charge on any atom is 0.194 e. The number of hydrogen-bond acceptors (Lipinski definition) is 1. The minimum atomic E-state index is -1.38. The second-order valence-corrected chi connectivity index (χ2v) is 4.61. The molecule has 0 aliphatic carbocycles. The molecular weight excluding hydrogens is 227 g/mol. The van der Waals surface area contributed by atoms with E-state index >= 15 is 0 Å². The van der Waals surface area contributed by atoms with Crippen LogP contribution < -0.4 is 5.32 Å². The van der Waals surface area contributed by atoms with Gasteiger partial charge in [0.15, 0.2) is 17.5 Å². The average molecular weight is 243 g/mol. The number of benzene rings is 1. The third kappa shape index (κ3) is 3.22. The average Bonchev–Trinajstić information content (AvgIpc) is 2.34. The van der Waals surface area contributed by atoms with Crippen LogP contribution in [-0.2, 0) is 6.42 Å². The smallest absolute Gasteiger partial charge is 0.194 e. The van der Waals surface area contributed by atoms with Crippen molar-refractivity contribution in [2.75, 3.05) is 13.1 Å². The number of halogens is 3. The van der Waals surface area contributed by atoms with E-state index in [9.17, 15) is 13.2 Å². The lowest BCUT2D eigenvalue weighted by Crippen LogP contribution is -2.27. The Morgan fingerprint density at radius 3 is 2.24 bits per heavy atom. The molecule has 1 saturated heterocycles. The molecule has 17 heavy (non-hydrogen) atoms. The van der Waals surface area contributed by atoms with E-state index in [1.165, 1.54) is 0 Å². The van der Waals surface area contributed by atoms with Gasteiger partial charge in [-0.05, 0) is 62.4 Å². The summed E-state index contributed by atoms with van der Waals surface area (Å²) in [7, 11) is 0. The molecule has 0 atom stereocenters. The summed E-state index contributed by atoms with van der Waals surface area (Å²) in [5.74, 6) is -2.96. The number of hydrogen-bond donors (Lipinski definition) is 1. The molecule has 94 valence electrons. The van der Waals surface area contributed by atoms with Gasteiger partial charge in [-0.2, -0.15) is 0 Å². The van der Waals surface area contributed by atoms with Gasteiger partial charge in [0.1, 0.15) is 0 Å². The number of rotatable bonds is 3. The lowest BCUT2D eigenvalue weighted by Gasteiger charge is -2.22. The van der Waals surface area contributed by atoms with Crippen molar-refractivity contribution in [1.82, 2.24) is 5.32 Å². The molecule has 0 spiro atoms. The Balaban J connectivity index is 1.94. The minimum absolute atomic E-state index is 0.542. The molecule has 0 radical (unpaired) electrons. The van der Waals surface area contributed by atoms with Crippen molar-refractivity contribution < 1.29 is 13.2 Å². The quantitative estimate of drug-likeness (QED) is 0.805. The van der Waals surface area contributed by atoms with Crippen molar-refractivity contribution in [2.24, 2.45) is 5.92 Å². The summed E-state index contributed by atoms with van der Waals surface area (Å²) in [5.41, 5.74) is 0.542. The van der Waals surface area contributed by atoms with E-state index in [1.807, 2.05) is 0 Å². The molecular formula is C13H16F3N. The predicted molar refractivity (Wildman–Crippen MR) is 60.2 cm³/mol. The van der Waals surface area contributed by atoms with Gasteiger partial charge in [0.05, 0.1) is 0 Å². The Hall–Kier alpha value is -1.03. The first kappa shape index (κ1) is 12.4. The van der Waals surface area contributed by atoms with Crippen molar-refractivity contribution in [3.8, 4) is 0 Å². The van der Waals surface area contributed by atoms with Gasteiger partial charge >= 0.3 is 0 Å². The highest BCUT2D eigenvalue weighted by Gasteiger charge is 2.14. The van der Waals surface area contributed by atoms with Crippen LogP contribution in [0.1, 0.15) is 24.8 Å². The van der Waals surface area contributed by atoms with E-state index in [0.29, 0.717) is 17.9 Å². The summed E-state index contributed by atoms with van der Waals surface area (Å²) in [5, 5.41) is 3.27. The van der Waals surface area contributed by atoms with Gasteiger partial charge in [0, 0.05) is 0 Å². The normalized spacial score (nSPS) is 17.4. The summed E-state index contributed by atoms with van der Waals surface area (Å²) in [6.07, 6.45) is 3.73. The summed E-state index contributed by atoms with van der Waals surface area (Å²) in [6, 6.07) is 2.19. The van der Waals surface area contributed by atoms with E-state index in [2.05, 4.69) is 5.32 Å². The molecule has 1 N–H and O–H groups in total. The fourth-order valence-electron chi connectivity index (χ4n) is 2.29. The predicted octanol–water partition coefficient (Wildman–Crippen LogP) is 3.04. The fraction of sp³-hybridized carbons (Fsp3) is 0.538. The summed E-state index contributed by atoms with van der Waals surface area (Å²) in [4.78, 5) is 0. The zero-order valence-corrected chi connectivity index (χ0v) is 9.61. The van der Waals surface area contributed by atoms with Gasteiger partial charge in [-0.15, -0.1) is 0 Å². The van der Waals surface area contributed by atoms with Crippen LogP contribution in [0.2, 0.25) is 0 Å². The third-order valence-corrected chi connectivity index (χ3v) is 3.34. The van der Waals surface area contributed by atoms with E-state index in [-0.39, 0.29) is 0 Å². The second kappa shape index (κ2) is 5.54. The van der Waals surface area contributed by atoms with Crippen LogP contribution in [0.15, 0.2) is 12.1 Å². The molecule has 4 heteroatoms. The van der Waals surface area contributed by atoms with Gasteiger partial charge in [-0.3, -0.25) is 0 Å². The van der Waals surface area contributed by atoms with Crippen LogP contribution in [0.3, 0.4) is 0 Å². The molecule has 1 aromatic carbocycles. The first-order chi connectivity index (χ1) is 8.16. The molecule has 2 rings (SSSR count). The number of piperidine rings is 1. The van der Waals surface area contributed by atoms with E-state index in [4.69, 9.17) is 0 Å². The van der Waals surface area contributed by atoms with Crippen molar-refractivity contribution in [1.29, 1.82) is 0 Å². The Morgan fingerprint density at radius 2 is 1.65 bits per heavy atom. The summed E-state index contributed by atoms with van der Waals surface area (Å²) < 4.78 is 38.7. The van der Waals surface area contributed by atoms with E-state index < -0.39 is 17.5 Å². The topological polar surface area (TPSA) is 12.0 Å². The minimum Gasteiger partial charge on any atom is -0.317 e. The molecule has 1 aliphatic heterocycles. The Kier molecular flexibility index (Phi) is 4.05. The van der Waals surface area contributed by atoms with Gasteiger partial charge in [0.2, 0.25) is 0 Å². The Morgan fingerprint density at radius 1 is 1.06 bits per heavy atom. The first-order valence-corrected chi connectivity index (χ1v) is 6.01. The van der Waals surface area contributed by atoms with Crippen LogP contribution in [0, 0.1) is 23.4 Å². The van der Waals surface area contributed by atoms with Crippen molar-refractivity contribution in [3.63, 3.8) is 0 Å². The molecule has 0 bridgehead atoms. The highest BCUT2D eigenvalue weighted by atomic mass is 19.2. The van der Waals surface area contributed by atoms with Crippen molar-refractivity contribution >= 4 is 0 Å². The molecule has 1 heterocycles. The number of nitrogens with one attached hydrogen (secondary N) is 1. The number of aryl methyl sites for hydroxylation is 1. The van der Waals surface area contributed by atoms with Gasteiger partial charge in [-0.1, -0.05) is 0 Å². The third-order valence-electron chi connectivity index (χ3n) is 3.34. The first-order valence-electron chi connectivity index (χ1n) is 6.01. The van der Waals surface area contributed by atoms with Gasteiger partial charge in [0.25, 0.3) is 0 Å². The van der Waals surface area contributed by atoms with E-state index in [1.54, 1.807) is 0 Å². The standard InChI is InChI=1S/C13H16F3N/c14-11-7-10(8-12(15)13(11)16)2-1-9-3-5-17-6-4-9/h7-9,17H,1-6H2. The second-order valence-electron chi connectivity index (χ2n) is 4.61. The largest absolute Gasteiger partial charge is 0.317 e. The lowest BCUT2D eigenvalue weighted by molar-refractivity contribution is 0.353. The Bertz CT molecular complexity index is 363. The molecule has 0 amide bonds.